The quantitative estimate of drug-likeness (QED) is 0.0805. The van der Waals surface area contributed by atoms with Crippen LogP contribution in [0.2, 0.25) is 0 Å². The number of rotatable bonds is 16. The molecule has 0 aliphatic carbocycles. The molecule has 7 heteroatoms. The topological polar surface area (TPSA) is 52.6 Å². The van der Waals surface area contributed by atoms with Crippen LogP contribution in [0, 0.1) is 0 Å². The van der Waals surface area contributed by atoms with E-state index in [0.29, 0.717) is 0 Å². The van der Waals surface area contributed by atoms with Crippen LogP contribution in [0.25, 0.3) is 0 Å². The molecule has 4 atom stereocenters. The van der Waals surface area contributed by atoms with Crippen LogP contribution < -0.4 is 17.0 Å². The van der Waals surface area contributed by atoms with E-state index in [0.717, 1.165) is 109 Å². The Balaban J connectivity index is 0.00000561. The lowest BCUT2D eigenvalue weighted by Crippen LogP contribution is -3.00. The Kier molecular flexibility index (Phi) is 15.5. The molecule has 0 aromatic heterocycles. The first kappa shape index (κ1) is 41.4. The van der Waals surface area contributed by atoms with Crippen LogP contribution >= 0.6 is 0 Å². The van der Waals surface area contributed by atoms with Crippen molar-refractivity contribution in [2.45, 2.75) is 82.8 Å². The lowest BCUT2D eigenvalue weighted by atomic mass is 9.91. The molecule has 0 saturated carbocycles. The Labute approximate surface area is 334 Å². The van der Waals surface area contributed by atoms with E-state index in [-0.39, 0.29) is 41.1 Å². The number of ether oxygens (including phenoxy) is 2. The second kappa shape index (κ2) is 20.2. The Morgan fingerprint density at radius 1 is 0.537 bits per heavy atom. The number of hydrogen-bond donors (Lipinski definition) is 0. The fourth-order valence-corrected chi connectivity index (χ4v) is 9.07. The summed E-state index contributed by atoms with van der Waals surface area (Å²) in [6.45, 7) is 13.1. The van der Waals surface area contributed by atoms with E-state index in [9.17, 15) is 9.59 Å². The molecular weight excluding hydrogens is 736 g/mol. The number of nitrogens with zero attached hydrogens (tertiary/aromatic N) is 2. The van der Waals surface area contributed by atoms with Gasteiger partial charge >= 0.3 is 11.9 Å². The van der Waals surface area contributed by atoms with E-state index in [1.54, 1.807) is 0 Å². The summed E-state index contributed by atoms with van der Waals surface area (Å²) in [5.41, 5.74) is 3.91. The van der Waals surface area contributed by atoms with Crippen LogP contribution in [-0.4, -0.2) is 85.5 Å². The molecule has 2 heterocycles. The van der Waals surface area contributed by atoms with Gasteiger partial charge in [-0.2, -0.15) is 0 Å². The van der Waals surface area contributed by atoms with Crippen molar-refractivity contribution >= 4 is 11.9 Å². The largest absolute Gasteiger partial charge is 1.00 e. The number of likely N-dealkylation sites (tertiary alicyclic amines) is 2. The highest BCUT2D eigenvalue weighted by atomic mass is 79.9. The second-order valence-electron chi connectivity index (χ2n) is 15.5. The fourth-order valence-electron chi connectivity index (χ4n) is 9.07. The summed E-state index contributed by atoms with van der Waals surface area (Å²) in [4.78, 5) is 27.6. The lowest BCUT2D eigenvalue weighted by Gasteiger charge is -2.44. The predicted octanol–water partition coefficient (Wildman–Crippen LogP) is 5.91. The summed E-state index contributed by atoms with van der Waals surface area (Å²) in [7, 11) is 0. The summed E-state index contributed by atoms with van der Waals surface area (Å²) >= 11 is 0. The standard InChI is InChI=1S/C47H60N2O4.BrH/c1-3-48(34-20-30-42(36-48)52-46(50)44(38-22-10-5-11-23-38)39-24-12-6-13-25-39)32-18-9-19-33-49(4-2)35-21-31-43(37-49)53-47(51)45(40-26-14-7-15-27-40)41-28-16-8-17-29-41;/h5-8,10-17,22-29,42-45H,3-4,9,18-21,30-37H2,1-2H3;1H/q+2;/p-1. The minimum atomic E-state index is -0.413. The Morgan fingerprint density at radius 3 is 1.15 bits per heavy atom. The number of carbonyl (C=O) groups excluding carboxylic acids is 2. The number of quaternary nitrogens is 2. The van der Waals surface area contributed by atoms with Crippen LogP contribution in [0.3, 0.4) is 0 Å². The number of carbonyl (C=O) groups is 2. The number of piperidine rings is 2. The maximum Gasteiger partial charge on any atom is 0.318 e. The third kappa shape index (κ3) is 10.7. The molecule has 4 aromatic carbocycles. The minimum absolute atomic E-state index is 0. The second-order valence-corrected chi connectivity index (χ2v) is 15.5. The molecular formula is C47H60BrN2O4+. The van der Waals surface area contributed by atoms with Gasteiger partial charge in [0.05, 0.1) is 39.3 Å². The van der Waals surface area contributed by atoms with E-state index in [4.69, 9.17) is 9.47 Å². The zero-order chi connectivity index (χ0) is 36.9. The summed E-state index contributed by atoms with van der Waals surface area (Å²) < 4.78 is 14.8. The number of unbranched alkanes of at least 4 members (excludes halogenated alkanes) is 2. The zero-order valence-electron chi connectivity index (χ0n) is 32.4. The molecule has 0 N–H and O–H groups in total. The third-order valence-corrected chi connectivity index (χ3v) is 12.2. The Hall–Kier alpha value is -3.78. The third-order valence-electron chi connectivity index (χ3n) is 12.2. The first-order valence-electron chi connectivity index (χ1n) is 20.2. The van der Waals surface area contributed by atoms with Gasteiger partial charge < -0.3 is 35.4 Å². The molecule has 4 unspecified atom stereocenters. The van der Waals surface area contributed by atoms with Crippen molar-refractivity contribution in [3.63, 3.8) is 0 Å². The lowest BCUT2D eigenvalue weighted by molar-refractivity contribution is -0.935. The first-order chi connectivity index (χ1) is 25.9. The van der Waals surface area contributed by atoms with Gasteiger partial charge in [0, 0.05) is 12.8 Å². The molecule has 2 aliphatic heterocycles. The van der Waals surface area contributed by atoms with E-state index in [1.807, 2.05) is 121 Å². The number of hydrogen-bond acceptors (Lipinski definition) is 4. The smallest absolute Gasteiger partial charge is 0.318 e. The number of likely N-dealkylation sites (N-methyl/N-ethyl adjacent to an activating group) is 2. The summed E-state index contributed by atoms with van der Waals surface area (Å²) in [6.07, 6.45) is 7.43. The van der Waals surface area contributed by atoms with E-state index < -0.39 is 11.8 Å². The van der Waals surface area contributed by atoms with Crippen molar-refractivity contribution in [1.82, 2.24) is 0 Å². The van der Waals surface area contributed by atoms with Crippen molar-refractivity contribution in [2.75, 3.05) is 52.4 Å². The van der Waals surface area contributed by atoms with Crippen LogP contribution in [-0.2, 0) is 19.1 Å². The van der Waals surface area contributed by atoms with Crippen molar-refractivity contribution in [2.24, 2.45) is 0 Å². The molecule has 4 aromatic rings. The van der Waals surface area contributed by atoms with Crippen molar-refractivity contribution in [1.29, 1.82) is 0 Å². The molecule has 6 rings (SSSR count). The van der Waals surface area contributed by atoms with Gasteiger partial charge in [-0.3, -0.25) is 9.59 Å². The highest BCUT2D eigenvalue weighted by Crippen LogP contribution is 2.31. The van der Waals surface area contributed by atoms with E-state index in [2.05, 4.69) is 13.8 Å². The number of esters is 2. The fraction of sp³-hybridized carbons (Fsp3) is 0.447. The van der Waals surface area contributed by atoms with Gasteiger partial charge in [-0.25, -0.2) is 0 Å². The molecule has 0 radical (unpaired) electrons. The monoisotopic (exact) mass is 795 g/mol. The molecule has 54 heavy (non-hydrogen) atoms. The maximum atomic E-state index is 13.8. The average molecular weight is 797 g/mol. The van der Waals surface area contributed by atoms with E-state index in [1.165, 1.54) is 19.3 Å². The van der Waals surface area contributed by atoms with Gasteiger partial charge in [-0.1, -0.05) is 121 Å². The number of halogens is 1. The molecule has 0 spiro atoms. The summed E-state index contributed by atoms with van der Waals surface area (Å²) in [5, 5.41) is 0. The normalized spacial score (nSPS) is 22.7. The summed E-state index contributed by atoms with van der Waals surface area (Å²) in [6, 6.07) is 40.2. The van der Waals surface area contributed by atoms with Crippen LogP contribution in [0.1, 0.15) is 92.9 Å². The molecule has 2 saturated heterocycles. The van der Waals surface area contributed by atoms with Crippen LogP contribution in [0.15, 0.2) is 121 Å². The SMILES string of the molecule is CC[N+]1(CCCCC[N+]2(CC)CCCC(OC(=O)C(c3ccccc3)c3ccccc3)C2)CCCC(OC(=O)C(c2ccccc2)c2ccccc2)C1.[Br-]. The highest BCUT2D eigenvalue weighted by molar-refractivity contribution is 5.83. The van der Waals surface area contributed by atoms with Crippen molar-refractivity contribution in [3.05, 3.63) is 144 Å². The minimum Gasteiger partial charge on any atom is -1.00 e. The van der Waals surface area contributed by atoms with Gasteiger partial charge in [0.25, 0.3) is 0 Å². The van der Waals surface area contributed by atoms with E-state index >= 15 is 0 Å². The van der Waals surface area contributed by atoms with Gasteiger partial charge in [0.1, 0.15) is 24.9 Å². The highest BCUT2D eigenvalue weighted by Gasteiger charge is 2.39. The van der Waals surface area contributed by atoms with Gasteiger partial charge in [-0.05, 0) is 68.2 Å². The molecule has 0 bridgehead atoms. The van der Waals surface area contributed by atoms with Crippen LogP contribution in [0.4, 0.5) is 0 Å². The first-order valence-corrected chi connectivity index (χ1v) is 20.2. The summed E-state index contributed by atoms with van der Waals surface area (Å²) in [5.74, 6) is -1.11. The van der Waals surface area contributed by atoms with Gasteiger partial charge in [0.2, 0.25) is 0 Å². The molecule has 2 aliphatic rings. The average Bonchev–Trinajstić information content (AvgIpc) is 3.20. The maximum absolute atomic E-state index is 13.8. The Bertz CT molecular complexity index is 1500. The van der Waals surface area contributed by atoms with Crippen molar-refractivity contribution < 1.29 is 45.0 Å². The van der Waals surface area contributed by atoms with Crippen LogP contribution in [0.5, 0.6) is 0 Å². The predicted molar refractivity (Wildman–Crippen MR) is 212 cm³/mol. The molecule has 288 valence electrons. The number of benzene rings is 4. The Morgan fingerprint density at radius 2 is 0.852 bits per heavy atom. The molecule has 6 nitrogen and oxygen atoms in total. The molecule has 0 amide bonds. The molecule has 2 fully saturated rings. The van der Waals surface area contributed by atoms with Gasteiger partial charge in [0.15, 0.2) is 12.2 Å². The van der Waals surface area contributed by atoms with Crippen molar-refractivity contribution in [3.8, 4) is 0 Å². The van der Waals surface area contributed by atoms with Gasteiger partial charge in [-0.15, -0.1) is 0 Å². The zero-order valence-corrected chi connectivity index (χ0v) is 34.0.